The van der Waals surface area contributed by atoms with Gasteiger partial charge in [0.1, 0.15) is 5.75 Å². The number of hydrogen-bond donors (Lipinski definition) is 0. The Morgan fingerprint density at radius 1 is 0.625 bits per heavy atom. The third-order valence-corrected chi connectivity index (χ3v) is 9.78. The van der Waals surface area contributed by atoms with Gasteiger partial charge < -0.3 is 4.74 Å². The molecule has 122 valence electrons. The fraction of sp³-hybridized carbons (Fsp3) is 0.182. The number of para-hydroxylation sites is 1. The molecule has 0 aliphatic heterocycles. The molecule has 2 heteroatoms. The van der Waals surface area contributed by atoms with Gasteiger partial charge in [-0.1, -0.05) is 84.4 Å². The predicted octanol–water partition coefficient (Wildman–Crippen LogP) is 3.41. The third-order valence-electron chi connectivity index (χ3n) is 5.01. The normalized spacial score (nSPS) is 11.3. The summed E-state index contributed by atoms with van der Waals surface area (Å²) in [7, 11) is -0.390. The zero-order chi connectivity index (χ0) is 17.2. The highest BCUT2D eigenvalue weighted by Gasteiger charge is 2.38. The summed E-state index contributed by atoms with van der Waals surface area (Å²) in [5.41, 5.74) is 2.70. The molecule has 0 heterocycles. The van der Waals surface area contributed by atoms with Crippen molar-refractivity contribution in [1.82, 2.24) is 0 Å². The van der Waals surface area contributed by atoms with E-state index in [0.717, 1.165) is 5.75 Å². The molecule has 0 N–H and O–H groups in total. The van der Waals surface area contributed by atoms with Crippen LogP contribution in [-0.4, -0.2) is 15.2 Å². The van der Waals surface area contributed by atoms with E-state index in [9.17, 15) is 0 Å². The zero-order valence-corrected chi connectivity index (χ0v) is 15.8. The fourth-order valence-electron chi connectivity index (χ4n) is 3.76. The van der Waals surface area contributed by atoms with Gasteiger partial charge in [-0.05, 0) is 35.5 Å². The molecule has 0 bridgehead atoms. The number of aryl methyl sites for hydroxylation is 2. The van der Waals surface area contributed by atoms with Crippen LogP contribution in [0.4, 0.5) is 0 Å². The smallest absolute Gasteiger partial charge is 0.150 e. The van der Waals surface area contributed by atoms with Crippen molar-refractivity contribution in [3.05, 3.63) is 83.9 Å². The summed E-state index contributed by atoms with van der Waals surface area (Å²) in [6.07, 6.45) is 0. The van der Waals surface area contributed by atoms with E-state index in [0.29, 0.717) is 0 Å². The molecule has 0 aliphatic carbocycles. The maximum atomic E-state index is 5.75. The molecule has 3 aromatic carbocycles. The molecule has 0 unspecified atom stereocenters. The van der Waals surface area contributed by atoms with Gasteiger partial charge in [-0.2, -0.15) is 0 Å². The predicted molar refractivity (Wildman–Crippen MR) is 106 cm³/mol. The zero-order valence-electron chi connectivity index (χ0n) is 14.8. The SMILES string of the molecule is COc1ccccc1[Si](C)(c1ccccc1C)c1ccccc1C. The fourth-order valence-corrected chi connectivity index (χ4v) is 8.34. The Hall–Kier alpha value is -2.32. The van der Waals surface area contributed by atoms with Crippen LogP contribution in [0.2, 0.25) is 6.55 Å². The van der Waals surface area contributed by atoms with Crippen molar-refractivity contribution in [2.75, 3.05) is 7.11 Å². The highest BCUT2D eigenvalue weighted by molar-refractivity contribution is 7.11. The first-order chi connectivity index (χ1) is 11.6. The minimum Gasteiger partial charge on any atom is -0.497 e. The van der Waals surface area contributed by atoms with Crippen LogP contribution < -0.4 is 20.3 Å². The van der Waals surface area contributed by atoms with Gasteiger partial charge in [0.15, 0.2) is 8.07 Å². The average molecular weight is 333 g/mol. The van der Waals surface area contributed by atoms with Crippen LogP contribution in [0.25, 0.3) is 0 Å². The van der Waals surface area contributed by atoms with Crippen molar-refractivity contribution in [1.29, 1.82) is 0 Å². The molecule has 0 saturated carbocycles. The highest BCUT2D eigenvalue weighted by Crippen LogP contribution is 2.17. The van der Waals surface area contributed by atoms with E-state index in [1.807, 2.05) is 6.07 Å². The standard InChI is InChI=1S/C22H24OSi/c1-17-11-5-8-14-20(17)24(4,21-15-9-6-12-18(21)2)22-16-10-7-13-19(22)23-3/h5-16H,1-4H3. The summed E-state index contributed by atoms with van der Waals surface area (Å²) in [6.45, 7) is 6.87. The molecule has 0 saturated heterocycles. The lowest BCUT2D eigenvalue weighted by molar-refractivity contribution is 0.418. The van der Waals surface area contributed by atoms with Crippen LogP contribution in [0.3, 0.4) is 0 Å². The first kappa shape index (κ1) is 16.5. The molecule has 1 nitrogen and oxygen atoms in total. The number of rotatable bonds is 4. The lowest BCUT2D eigenvalue weighted by Gasteiger charge is -2.33. The van der Waals surface area contributed by atoms with Crippen LogP contribution in [-0.2, 0) is 0 Å². The summed E-state index contributed by atoms with van der Waals surface area (Å²) in [6, 6.07) is 26.1. The van der Waals surface area contributed by atoms with Gasteiger partial charge in [0, 0.05) is 0 Å². The molecule has 0 radical (unpaired) electrons. The van der Waals surface area contributed by atoms with Crippen LogP contribution in [0.15, 0.2) is 72.8 Å². The Bertz CT molecular complexity index is 808. The summed E-state index contributed by atoms with van der Waals surface area (Å²) >= 11 is 0. The Balaban J connectivity index is 2.38. The van der Waals surface area contributed by atoms with E-state index in [-0.39, 0.29) is 0 Å². The summed E-state index contributed by atoms with van der Waals surface area (Å²) < 4.78 is 5.75. The van der Waals surface area contributed by atoms with Crippen LogP contribution in [0, 0.1) is 13.8 Å². The largest absolute Gasteiger partial charge is 0.497 e. The average Bonchev–Trinajstić information content (AvgIpc) is 2.62. The molecule has 0 fully saturated rings. The van der Waals surface area contributed by atoms with Crippen LogP contribution in [0.5, 0.6) is 5.75 Å². The second kappa shape index (κ2) is 6.66. The van der Waals surface area contributed by atoms with E-state index in [2.05, 4.69) is 87.1 Å². The van der Waals surface area contributed by atoms with Crippen molar-refractivity contribution in [3.8, 4) is 5.75 Å². The first-order valence-corrected chi connectivity index (χ1v) is 10.8. The van der Waals surface area contributed by atoms with E-state index in [1.54, 1.807) is 7.11 Å². The molecule has 0 atom stereocenters. The van der Waals surface area contributed by atoms with Gasteiger partial charge in [0.25, 0.3) is 0 Å². The van der Waals surface area contributed by atoms with Crippen LogP contribution >= 0.6 is 0 Å². The van der Waals surface area contributed by atoms with Gasteiger partial charge in [0.2, 0.25) is 0 Å². The molecule has 0 aliphatic rings. The van der Waals surface area contributed by atoms with Gasteiger partial charge in [-0.3, -0.25) is 0 Å². The van der Waals surface area contributed by atoms with Crippen molar-refractivity contribution >= 4 is 23.6 Å². The Morgan fingerprint density at radius 3 is 1.50 bits per heavy atom. The molecule has 3 aromatic rings. The minimum absolute atomic E-state index is 0.984. The van der Waals surface area contributed by atoms with Crippen molar-refractivity contribution in [3.63, 3.8) is 0 Å². The molecule has 24 heavy (non-hydrogen) atoms. The van der Waals surface area contributed by atoms with Gasteiger partial charge >= 0.3 is 0 Å². The molecule has 3 rings (SSSR count). The van der Waals surface area contributed by atoms with Gasteiger partial charge in [0.05, 0.1) is 7.11 Å². The molecular weight excluding hydrogens is 308 g/mol. The van der Waals surface area contributed by atoms with E-state index < -0.39 is 8.07 Å². The maximum Gasteiger partial charge on any atom is 0.150 e. The number of benzene rings is 3. The summed E-state index contributed by atoms with van der Waals surface area (Å²) in [4.78, 5) is 0. The van der Waals surface area contributed by atoms with Crippen molar-refractivity contribution in [2.24, 2.45) is 0 Å². The molecule has 0 aromatic heterocycles. The minimum atomic E-state index is -2.16. The Kier molecular flexibility index (Phi) is 4.59. The molecular formula is C22H24OSi. The lowest BCUT2D eigenvalue weighted by Crippen LogP contribution is -2.66. The Labute approximate surface area is 145 Å². The van der Waals surface area contributed by atoms with E-state index >= 15 is 0 Å². The van der Waals surface area contributed by atoms with E-state index in [1.165, 1.54) is 26.7 Å². The van der Waals surface area contributed by atoms with Crippen LogP contribution in [0.1, 0.15) is 11.1 Å². The topological polar surface area (TPSA) is 9.23 Å². The van der Waals surface area contributed by atoms with Crippen molar-refractivity contribution in [2.45, 2.75) is 20.4 Å². The Morgan fingerprint density at radius 2 is 1.04 bits per heavy atom. The third kappa shape index (κ3) is 2.67. The molecule has 0 spiro atoms. The summed E-state index contributed by atoms with van der Waals surface area (Å²) in [5, 5.41) is 4.23. The second-order valence-electron chi connectivity index (χ2n) is 6.46. The monoisotopic (exact) mass is 332 g/mol. The number of methoxy groups -OCH3 is 1. The highest BCUT2D eigenvalue weighted by atomic mass is 28.3. The first-order valence-electron chi connectivity index (χ1n) is 8.34. The maximum absolute atomic E-state index is 5.75. The number of hydrogen-bond acceptors (Lipinski definition) is 1. The van der Waals surface area contributed by atoms with Crippen molar-refractivity contribution < 1.29 is 4.74 Å². The molecule has 0 amide bonds. The second-order valence-corrected chi connectivity index (χ2v) is 10.3. The van der Waals surface area contributed by atoms with Gasteiger partial charge in [-0.25, -0.2) is 0 Å². The van der Waals surface area contributed by atoms with Gasteiger partial charge in [-0.15, -0.1) is 0 Å². The summed E-state index contributed by atoms with van der Waals surface area (Å²) in [5.74, 6) is 0.984. The number of ether oxygens (including phenoxy) is 1. The van der Waals surface area contributed by atoms with E-state index in [4.69, 9.17) is 4.74 Å². The lowest BCUT2D eigenvalue weighted by atomic mass is 10.2. The quantitative estimate of drug-likeness (QED) is 0.525.